The van der Waals surface area contributed by atoms with Crippen LogP contribution in [0.3, 0.4) is 0 Å². The van der Waals surface area contributed by atoms with Gasteiger partial charge < -0.3 is 4.74 Å². The van der Waals surface area contributed by atoms with Crippen LogP contribution in [0, 0.1) is 17.5 Å². The first-order valence-electron chi connectivity index (χ1n) is 4.63. The number of rotatable bonds is 4. The highest BCUT2D eigenvalue weighted by Gasteiger charge is 2.28. The Bertz CT molecular complexity index is 420. The molecule has 0 N–H and O–H groups in total. The normalized spacial score (nSPS) is 13.7. The molecule has 102 valence electrons. The number of alkyl halides is 4. The first-order chi connectivity index (χ1) is 8.20. The zero-order valence-corrected chi connectivity index (χ0v) is 10.3. The van der Waals surface area contributed by atoms with Crippen molar-refractivity contribution >= 4 is 15.9 Å². The quantitative estimate of drug-likeness (QED) is 0.456. The molecule has 1 aromatic rings. The predicted molar refractivity (Wildman–Crippen MR) is 54.9 cm³/mol. The Morgan fingerprint density at radius 1 is 1.06 bits per heavy atom. The average Bonchev–Trinajstić information content (AvgIpc) is 2.21. The molecular formula is C10H7BrF6O. The van der Waals surface area contributed by atoms with Crippen LogP contribution in [0.5, 0.6) is 0 Å². The maximum absolute atomic E-state index is 13.2. The zero-order valence-electron chi connectivity index (χ0n) is 8.70. The van der Waals surface area contributed by atoms with Crippen LogP contribution in [0.4, 0.5) is 26.3 Å². The van der Waals surface area contributed by atoms with Crippen molar-refractivity contribution in [2.45, 2.75) is 11.0 Å². The van der Waals surface area contributed by atoms with E-state index in [2.05, 4.69) is 20.7 Å². The summed E-state index contributed by atoms with van der Waals surface area (Å²) in [6.45, 7) is -2.03. The lowest BCUT2D eigenvalue weighted by atomic mass is 10.1. The van der Waals surface area contributed by atoms with Crippen molar-refractivity contribution in [1.82, 2.24) is 0 Å². The summed E-state index contributed by atoms with van der Waals surface area (Å²) in [5.41, 5.74) is -0.309. The monoisotopic (exact) mass is 336 g/mol. The summed E-state index contributed by atoms with van der Waals surface area (Å²) in [7, 11) is 0. The molecule has 8 heteroatoms. The molecule has 0 amide bonds. The molecule has 1 nitrogen and oxygen atoms in total. The SMILES string of the molecule is Fc1cc(F)c(C(Br)COCC(F)(F)F)cc1F. The van der Waals surface area contributed by atoms with Crippen molar-refractivity contribution in [3.05, 3.63) is 35.1 Å². The molecule has 0 radical (unpaired) electrons. The number of halogens is 7. The summed E-state index contributed by atoms with van der Waals surface area (Å²) in [5.74, 6) is -3.72. The van der Waals surface area contributed by atoms with Gasteiger partial charge in [0.2, 0.25) is 0 Å². The van der Waals surface area contributed by atoms with Crippen molar-refractivity contribution in [1.29, 1.82) is 0 Å². The van der Waals surface area contributed by atoms with E-state index >= 15 is 0 Å². The lowest BCUT2D eigenvalue weighted by Crippen LogP contribution is -2.18. The second kappa shape index (κ2) is 5.92. The van der Waals surface area contributed by atoms with Crippen molar-refractivity contribution in [3.8, 4) is 0 Å². The van der Waals surface area contributed by atoms with Crippen LogP contribution in [0.25, 0.3) is 0 Å². The smallest absolute Gasteiger partial charge is 0.371 e. The van der Waals surface area contributed by atoms with Crippen LogP contribution in [0.15, 0.2) is 12.1 Å². The predicted octanol–water partition coefficient (Wildman–Crippen LogP) is 4.12. The van der Waals surface area contributed by atoms with Gasteiger partial charge in [-0.2, -0.15) is 13.2 Å². The summed E-state index contributed by atoms with van der Waals surface area (Å²) in [6, 6.07) is 0.893. The molecule has 0 aliphatic rings. The van der Waals surface area contributed by atoms with Gasteiger partial charge in [-0.3, -0.25) is 0 Å². The van der Waals surface area contributed by atoms with Crippen LogP contribution in [-0.2, 0) is 4.74 Å². The van der Waals surface area contributed by atoms with Gasteiger partial charge >= 0.3 is 6.18 Å². The minimum absolute atomic E-state index is 0.309. The third-order valence-electron chi connectivity index (χ3n) is 1.91. The van der Waals surface area contributed by atoms with Crippen molar-refractivity contribution < 1.29 is 31.1 Å². The lowest BCUT2D eigenvalue weighted by molar-refractivity contribution is -0.173. The van der Waals surface area contributed by atoms with Gasteiger partial charge in [0.25, 0.3) is 0 Å². The molecule has 0 saturated heterocycles. The maximum atomic E-state index is 13.2. The van der Waals surface area contributed by atoms with Gasteiger partial charge in [0.05, 0.1) is 11.4 Å². The van der Waals surface area contributed by atoms with E-state index in [0.717, 1.165) is 0 Å². The van der Waals surface area contributed by atoms with E-state index in [1.807, 2.05) is 0 Å². The number of hydrogen-bond acceptors (Lipinski definition) is 1. The van der Waals surface area contributed by atoms with Crippen molar-refractivity contribution in [3.63, 3.8) is 0 Å². The number of hydrogen-bond donors (Lipinski definition) is 0. The minimum Gasteiger partial charge on any atom is -0.371 e. The highest BCUT2D eigenvalue weighted by molar-refractivity contribution is 9.09. The summed E-state index contributed by atoms with van der Waals surface area (Å²) in [5, 5.41) is 0. The van der Waals surface area contributed by atoms with Crippen LogP contribution in [0.2, 0.25) is 0 Å². The Labute approximate surface area is 107 Å². The van der Waals surface area contributed by atoms with Crippen molar-refractivity contribution in [2.24, 2.45) is 0 Å². The minimum atomic E-state index is -4.50. The molecule has 1 atom stereocenters. The van der Waals surface area contributed by atoms with Gasteiger partial charge in [-0.25, -0.2) is 13.2 Å². The van der Waals surface area contributed by atoms with Gasteiger partial charge in [0.1, 0.15) is 12.4 Å². The topological polar surface area (TPSA) is 9.23 Å². The van der Waals surface area contributed by atoms with E-state index < -0.39 is 41.7 Å². The zero-order chi connectivity index (χ0) is 13.9. The first kappa shape index (κ1) is 15.3. The number of ether oxygens (including phenoxy) is 1. The van der Waals surface area contributed by atoms with Crippen LogP contribution >= 0.6 is 15.9 Å². The van der Waals surface area contributed by atoms with Crippen LogP contribution in [0.1, 0.15) is 10.4 Å². The summed E-state index contributed by atoms with van der Waals surface area (Å²) in [6.07, 6.45) is -4.50. The molecule has 0 aliphatic carbocycles. The summed E-state index contributed by atoms with van der Waals surface area (Å²) in [4.78, 5) is -1.00. The van der Waals surface area contributed by atoms with E-state index in [0.29, 0.717) is 12.1 Å². The molecule has 0 spiro atoms. The van der Waals surface area contributed by atoms with Gasteiger partial charge in [-0.05, 0) is 6.07 Å². The molecule has 0 aromatic heterocycles. The summed E-state index contributed by atoms with van der Waals surface area (Å²) < 4.78 is 78.3. The molecule has 0 bridgehead atoms. The Kier molecular flexibility index (Phi) is 5.03. The van der Waals surface area contributed by atoms with E-state index in [9.17, 15) is 26.3 Å². The molecule has 0 saturated carbocycles. The molecule has 1 aromatic carbocycles. The summed E-state index contributed by atoms with van der Waals surface area (Å²) >= 11 is 2.84. The molecular weight excluding hydrogens is 330 g/mol. The average molecular weight is 337 g/mol. The fraction of sp³-hybridized carbons (Fsp3) is 0.400. The molecule has 0 aliphatic heterocycles. The molecule has 0 heterocycles. The Morgan fingerprint density at radius 3 is 2.17 bits per heavy atom. The third kappa shape index (κ3) is 4.49. The highest BCUT2D eigenvalue weighted by Crippen LogP contribution is 2.28. The molecule has 18 heavy (non-hydrogen) atoms. The molecule has 1 unspecified atom stereocenters. The molecule has 1 rings (SSSR count). The van der Waals surface area contributed by atoms with Crippen LogP contribution < -0.4 is 0 Å². The first-order valence-corrected chi connectivity index (χ1v) is 5.55. The van der Waals surface area contributed by atoms with E-state index in [4.69, 9.17) is 0 Å². The molecule has 0 fully saturated rings. The van der Waals surface area contributed by atoms with Crippen molar-refractivity contribution in [2.75, 3.05) is 13.2 Å². The second-order valence-electron chi connectivity index (χ2n) is 3.39. The van der Waals surface area contributed by atoms with E-state index in [1.165, 1.54) is 0 Å². The van der Waals surface area contributed by atoms with E-state index in [-0.39, 0.29) is 5.56 Å². The van der Waals surface area contributed by atoms with Gasteiger partial charge in [0.15, 0.2) is 11.6 Å². The fourth-order valence-electron chi connectivity index (χ4n) is 1.15. The third-order valence-corrected chi connectivity index (χ3v) is 2.66. The highest BCUT2D eigenvalue weighted by atomic mass is 79.9. The fourth-order valence-corrected chi connectivity index (χ4v) is 1.68. The largest absolute Gasteiger partial charge is 0.411 e. The Morgan fingerprint density at radius 2 is 1.61 bits per heavy atom. The standard InChI is InChI=1S/C10H7BrF6O/c11-6(3-18-4-10(15,16)17)5-1-8(13)9(14)2-7(5)12/h1-2,6H,3-4H2. The lowest BCUT2D eigenvalue weighted by Gasteiger charge is -2.13. The van der Waals surface area contributed by atoms with E-state index in [1.54, 1.807) is 0 Å². The maximum Gasteiger partial charge on any atom is 0.411 e. The Hall–Kier alpha value is -0.760. The second-order valence-corrected chi connectivity index (χ2v) is 4.49. The number of benzene rings is 1. The Balaban J connectivity index is 2.67. The van der Waals surface area contributed by atoms with Crippen LogP contribution in [-0.4, -0.2) is 19.4 Å². The van der Waals surface area contributed by atoms with Gasteiger partial charge in [-0.15, -0.1) is 0 Å². The van der Waals surface area contributed by atoms with Gasteiger partial charge in [-0.1, -0.05) is 15.9 Å². The van der Waals surface area contributed by atoms with Gasteiger partial charge in [0, 0.05) is 11.6 Å².